The van der Waals surface area contributed by atoms with E-state index in [4.69, 9.17) is 5.73 Å². The second-order valence-corrected chi connectivity index (χ2v) is 6.92. The normalized spacial score (nSPS) is 21.0. The highest BCUT2D eigenvalue weighted by molar-refractivity contribution is 5.80. The molecule has 3 rings (SSSR count). The molecular weight excluding hydrogens is 318 g/mol. The molecule has 2 saturated heterocycles. The van der Waals surface area contributed by atoms with E-state index < -0.39 is 0 Å². The molecule has 2 aliphatic rings. The molecule has 0 aliphatic carbocycles. The van der Waals surface area contributed by atoms with Crippen molar-refractivity contribution in [2.24, 2.45) is 11.7 Å². The summed E-state index contributed by atoms with van der Waals surface area (Å²) in [7, 11) is 0. The number of anilines is 1. The van der Waals surface area contributed by atoms with Gasteiger partial charge in [-0.1, -0.05) is 18.9 Å². The summed E-state index contributed by atoms with van der Waals surface area (Å²) in [6.07, 6.45) is 7.52. The third kappa shape index (κ3) is 4.61. The first-order valence-corrected chi connectivity index (χ1v) is 9.15. The van der Waals surface area contributed by atoms with Crippen molar-refractivity contribution < 1.29 is 9.59 Å². The Bertz CT molecular complexity index is 596. The number of nitrogens with two attached hydrogens (primary N) is 1. The Morgan fingerprint density at radius 3 is 2.52 bits per heavy atom. The second kappa shape index (κ2) is 8.18. The van der Waals surface area contributed by atoms with E-state index in [1.165, 1.54) is 25.7 Å². The van der Waals surface area contributed by atoms with Gasteiger partial charge in [-0.2, -0.15) is 0 Å². The highest BCUT2D eigenvalue weighted by Crippen LogP contribution is 2.18. The van der Waals surface area contributed by atoms with E-state index in [1.54, 1.807) is 4.90 Å². The summed E-state index contributed by atoms with van der Waals surface area (Å²) in [5.41, 5.74) is 6.27. The van der Waals surface area contributed by atoms with Gasteiger partial charge in [0, 0.05) is 38.9 Å². The van der Waals surface area contributed by atoms with Crippen molar-refractivity contribution >= 4 is 17.8 Å². The summed E-state index contributed by atoms with van der Waals surface area (Å²) in [6.45, 7) is 3.56. The van der Waals surface area contributed by atoms with Crippen molar-refractivity contribution in [3.05, 3.63) is 23.9 Å². The molecule has 3 heterocycles. The molecule has 25 heavy (non-hydrogen) atoms. The highest BCUT2D eigenvalue weighted by Gasteiger charge is 2.29. The lowest BCUT2D eigenvalue weighted by atomic mass is 10.1. The summed E-state index contributed by atoms with van der Waals surface area (Å²) < 4.78 is 0. The van der Waals surface area contributed by atoms with Gasteiger partial charge in [-0.3, -0.25) is 4.79 Å². The van der Waals surface area contributed by atoms with Crippen LogP contribution in [0.15, 0.2) is 18.3 Å². The molecule has 0 unspecified atom stereocenters. The summed E-state index contributed by atoms with van der Waals surface area (Å²) in [4.78, 5) is 31.9. The predicted octanol–water partition coefficient (Wildman–Crippen LogP) is 1.48. The van der Waals surface area contributed by atoms with Gasteiger partial charge in [0.1, 0.15) is 5.82 Å². The van der Waals surface area contributed by atoms with Crippen LogP contribution >= 0.6 is 0 Å². The Morgan fingerprint density at radius 1 is 1.16 bits per heavy atom. The van der Waals surface area contributed by atoms with Crippen LogP contribution in [0.5, 0.6) is 0 Å². The number of rotatable bonds is 4. The lowest BCUT2D eigenvalue weighted by Gasteiger charge is -2.21. The fraction of sp³-hybridized carbons (Fsp3) is 0.611. The lowest BCUT2D eigenvalue weighted by molar-refractivity contribution is -0.121. The second-order valence-electron chi connectivity index (χ2n) is 6.92. The minimum absolute atomic E-state index is 0.152. The maximum atomic E-state index is 12.2. The zero-order valence-electron chi connectivity index (χ0n) is 14.6. The number of primary amides is 1. The van der Waals surface area contributed by atoms with Gasteiger partial charge in [0.2, 0.25) is 5.91 Å². The van der Waals surface area contributed by atoms with Gasteiger partial charge >= 0.3 is 6.03 Å². The summed E-state index contributed by atoms with van der Waals surface area (Å²) in [6, 6.07) is 3.90. The van der Waals surface area contributed by atoms with Crippen LogP contribution in [-0.4, -0.2) is 48.0 Å². The molecule has 7 nitrogen and oxygen atoms in total. The van der Waals surface area contributed by atoms with Crippen molar-refractivity contribution in [1.29, 1.82) is 0 Å². The topological polar surface area (TPSA) is 91.6 Å². The molecule has 2 fully saturated rings. The first-order chi connectivity index (χ1) is 12.1. The fourth-order valence-electron chi connectivity index (χ4n) is 3.47. The number of nitrogens with zero attached hydrogens (tertiary/aromatic N) is 3. The average molecular weight is 345 g/mol. The van der Waals surface area contributed by atoms with Crippen molar-refractivity contribution in [3.63, 3.8) is 0 Å². The molecule has 1 aromatic rings. The van der Waals surface area contributed by atoms with Crippen molar-refractivity contribution in [2.45, 2.75) is 38.6 Å². The number of aromatic nitrogens is 1. The molecule has 0 bridgehead atoms. The van der Waals surface area contributed by atoms with Gasteiger partial charge in [0.25, 0.3) is 0 Å². The Hall–Kier alpha value is -2.31. The quantitative estimate of drug-likeness (QED) is 0.865. The van der Waals surface area contributed by atoms with E-state index in [-0.39, 0.29) is 17.9 Å². The van der Waals surface area contributed by atoms with Crippen LogP contribution in [0.2, 0.25) is 0 Å². The van der Waals surface area contributed by atoms with Crippen LogP contribution in [0, 0.1) is 5.92 Å². The lowest BCUT2D eigenvalue weighted by Crippen LogP contribution is -2.39. The molecule has 3 amide bonds. The van der Waals surface area contributed by atoms with E-state index in [1.807, 2.05) is 18.3 Å². The van der Waals surface area contributed by atoms with Gasteiger partial charge < -0.3 is 20.9 Å². The number of amides is 3. The van der Waals surface area contributed by atoms with Crippen molar-refractivity contribution in [2.75, 3.05) is 31.1 Å². The third-order valence-corrected chi connectivity index (χ3v) is 5.06. The Labute approximate surface area is 148 Å². The van der Waals surface area contributed by atoms with Gasteiger partial charge in [-0.05, 0) is 30.9 Å². The number of nitrogens with one attached hydrogen (secondary N) is 1. The number of pyridine rings is 1. The highest BCUT2D eigenvalue weighted by atomic mass is 16.2. The van der Waals surface area contributed by atoms with Crippen LogP contribution < -0.4 is 16.0 Å². The van der Waals surface area contributed by atoms with E-state index in [2.05, 4.69) is 15.2 Å². The largest absolute Gasteiger partial charge is 0.369 e. The molecule has 2 aliphatic heterocycles. The number of hydrogen-bond donors (Lipinski definition) is 2. The van der Waals surface area contributed by atoms with Crippen LogP contribution in [0.25, 0.3) is 0 Å². The zero-order chi connectivity index (χ0) is 17.6. The summed E-state index contributed by atoms with van der Waals surface area (Å²) in [5, 5.41) is 2.89. The maximum absolute atomic E-state index is 12.2. The maximum Gasteiger partial charge on any atom is 0.317 e. The molecule has 0 spiro atoms. The van der Waals surface area contributed by atoms with Crippen molar-refractivity contribution in [1.82, 2.24) is 15.2 Å². The molecule has 0 saturated carbocycles. The smallest absolute Gasteiger partial charge is 0.317 e. The monoisotopic (exact) mass is 345 g/mol. The molecule has 0 aromatic carbocycles. The van der Waals surface area contributed by atoms with Crippen LogP contribution in [0.4, 0.5) is 10.6 Å². The number of likely N-dealkylation sites (tertiary alicyclic amines) is 1. The SMILES string of the molecule is NC(=O)[C@@H]1CCN(C(=O)NCc2ccc(N3CCCCCC3)nc2)C1. The molecule has 136 valence electrons. The fourth-order valence-corrected chi connectivity index (χ4v) is 3.47. The minimum atomic E-state index is -0.330. The average Bonchev–Trinajstić information content (AvgIpc) is 2.97. The molecule has 1 aromatic heterocycles. The molecule has 0 radical (unpaired) electrons. The predicted molar refractivity (Wildman–Crippen MR) is 96.0 cm³/mol. The van der Waals surface area contributed by atoms with Gasteiger partial charge in [-0.15, -0.1) is 0 Å². The van der Waals surface area contributed by atoms with E-state index in [9.17, 15) is 9.59 Å². The Balaban J connectivity index is 1.48. The van der Waals surface area contributed by atoms with Gasteiger partial charge in [-0.25, -0.2) is 9.78 Å². The number of carbonyl (C=O) groups excluding carboxylic acids is 2. The van der Waals surface area contributed by atoms with E-state index >= 15 is 0 Å². The first-order valence-electron chi connectivity index (χ1n) is 9.15. The van der Waals surface area contributed by atoms with E-state index in [0.717, 1.165) is 24.5 Å². The molecule has 1 atom stereocenters. The number of urea groups is 1. The Kier molecular flexibility index (Phi) is 5.73. The number of carbonyl (C=O) groups is 2. The van der Waals surface area contributed by atoms with Crippen molar-refractivity contribution in [3.8, 4) is 0 Å². The minimum Gasteiger partial charge on any atom is -0.369 e. The first kappa shape index (κ1) is 17.5. The van der Waals surface area contributed by atoms with Crippen LogP contribution in [-0.2, 0) is 11.3 Å². The standard InChI is InChI=1S/C18H27N5O2/c19-17(24)15-7-10-23(13-15)18(25)21-12-14-5-6-16(20-11-14)22-8-3-1-2-4-9-22/h5-6,11,15H,1-4,7-10,12-13H2,(H2,19,24)(H,21,25)/t15-/m1/s1. The van der Waals surface area contributed by atoms with Crippen LogP contribution in [0.3, 0.4) is 0 Å². The Morgan fingerprint density at radius 2 is 1.92 bits per heavy atom. The van der Waals surface area contributed by atoms with Crippen LogP contribution in [0.1, 0.15) is 37.7 Å². The zero-order valence-corrected chi connectivity index (χ0v) is 14.6. The van der Waals surface area contributed by atoms with Gasteiger partial charge in [0.05, 0.1) is 5.92 Å². The molecular formula is C18H27N5O2. The summed E-state index contributed by atoms with van der Waals surface area (Å²) >= 11 is 0. The third-order valence-electron chi connectivity index (χ3n) is 5.06. The van der Waals surface area contributed by atoms with Gasteiger partial charge in [0.15, 0.2) is 0 Å². The molecule has 3 N–H and O–H groups in total. The molecule has 7 heteroatoms. The summed E-state index contributed by atoms with van der Waals surface area (Å²) in [5.74, 6) is 0.463. The van der Waals surface area contributed by atoms with E-state index in [0.29, 0.717) is 26.1 Å². The number of hydrogen-bond acceptors (Lipinski definition) is 4.